The van der Waals surface area contributed by atoms with Crippen LogP contribution in [-0.2, 0) is 0 Å². The van der Waals surface area contributed by atoms with Gasteiger partial charge in [-0.15, -0.1) is 0 Å². The first-order chi connectivity index (χ1) is 4.41. The van der Waals surface area contributed by atoms with Gasteiger partial charge in [0, 0.05) is 1.43 Å². The Bertz CT molecular complexity index is 23.9. The van der Waals surface area contributed by atoms with Gasteiger partial charge >= 0.3 is 0 Å². The first-order valence-electron chi connectivity index (χ1n) is 4.41. The standard InChI is InChI=1S/C7H16.C2H6.H2/c1-3-5-7-6-4-2;1-2;/h3-7H2,1-2H3;1-2H3;1H. The third-order valence-electron chi connectivity index (χ3n) is 1.21. The quantitative estimate of drug-likeness (QED) is 0.502. The smallest absolute Gasteiger partial charge is 0 e. The van der Waals surface area contributed by atoms with E-state index in [-0.39, 0.29) is 1.43 Å². The lowest BCUT2D eigenvalue weighted by atomic mass is 10.2. The van der Waals surface area contributed by atoms with E-state index in [0.29, 0.717) is 0 Å². The molecule has 0 atom stereocenters. The lowest BCUT2D eigenvalue weighted by molar-refractivity contribution is 0.656. The minimum absolute atomic E-state index is 0. The summed E-state index contributed by atoms with van der Waals surface area (Å²) >= 11 is 0. The van der Waals surface area contributed by atoms with Crippen molar-refractivity contribution < 1.29 is 1.43 Å². The second-order valence-corrected chi connectivity index (χ2v) is 2.06. The van der Waals surface area contributed by atoms with Gasteiger partial charge in [0.1, 0.15) is 0 Å². The minimum Gasteiger partial charge on any atom is -0.0683 e. The van der Waals surface area contributed by atoms with E-state index in [4.69, 9.17) is 0 Å². The molecule has 0 heterocycles. The Morgan fingerprint density at radius 1 is 0.778 bits per heavy atom. The molecule has 0 aliphatic rings. The average molecular weight is 132 g/mol. The van der Waals surface area contributed by atoms with Crippen LogP contribution in [0.25, 0.3) is 0 Å². The van der Waals surface area contributed by atoms with E-state index < -0.39 is 0 Å². The van der Waals surface area contributed by atoms with E-state index in [1.54, 1.807) is 0 Å². The van der Waals surface area contributed by atoms with Crippen molar-refractivity contribution >= 4 is 0 Å². The fraction of sp³-hybridized carbons (Fsp3) is 1.00. The molecular formula is C9H24. The highest BCUT2D eigenvalue weighted by Crippen LogP contribution is 2.00. The van der Waals surface area contributed by atoms with Crippen LogP contribution >= 0.6 is 0 Å². The van der Waals surface area contributed by atoms with Gasteiger partial charge in [-0.1, -0.05) is 59.8 Å². The van der Waals surface area contributed by atoms with Crippen LogP contribution in [0.5, 0.6) is 0 Å². The summed E-state index contributed by atoms with van der Waals surface area (Å²) in [6, 6.07) is 0. The highest BCUT2D eigenvalue weighted by atomic mass is 13.9. The summed E-state index contributed by atoms with van der Waals surface area (Å²) in [4.78, 5) is 0. The van der Waals surface area contributed by atoms with E-state index in [9.17, 15) is 0 Å². The maximum atomic E-state index is 2.25. The van der Waals surface area contributed by atoms with Crippen molar-refractivity contribution in [1.82, 2.24) is 0 Å². The van der Waals surface area contributed by atoms with Crippen LogP contribution in [0.3, 0.4) is 0 Å². The Labute approximate surface area is 62.1 Å². The summed E-state index contributed by atoms with van der Waals surface area (Å²) in [5.41, 5.74) is 0. The van der Waals surface area contributed by atoms with E-state index in [1.807, 2.05) is 13.8 Å². The normalized spacial score (nSPS) is 8.00. The van der Waals surface area contributed by atoms with Gasteiger partial charge in [0.05, 0.1) is 0 Å². The monoisotopic (exact) mass is 132 g/mol. The molecule has 9 heavy (non-hydrogen) atoms. The molecule has 0 unspecified atom stereocenters. The Morgan fingerprint density at radius 3 is 1.33 bits per heavy atom. The van der Waals surface area contributed by atoms with Crippen LogP contribution in [0.15, 0.2) is 0 Å². The second kappa shape index (κ2) is 15.7. The van der Waals surface area contributed by atoms with Gasteiger partial charge in [-0.2, -0.15) is 0 Å². The van der Waals surface area contributed by atoms with Gasteiger partial charge < -0.3 is 0 Å². The molecule has 0 saturated heterocycles. The SMILES string of the molecule is CC.CCCCCCC.[HH]. The Morgan fingerprint density at radius 2 is 1.11 bits per heavy atom. The molecule has 60 valence electrons. The summed E-state index contributed by atoms with van der Waals surface area (Å²) in [6.45, 7) is 8.49. The van der Waals surface area contributed by atoms with Crippen molar-refractivity contribution in [2.45, 2.75) is 59.8 Å². The molecule has 0 heteroatoms. The number of hydrogen-bond donors (Lipinski definition) is 0. The van der Waals surface area contributed by atoms with Crippen molar-refractivity contribution in [3.05, 3.63) is 0 Å². The van der Waals surface area contributed by atoms with Crippen molar-refractivity contribution in [2.24, 2.45) is 0 Å². The first kappa shape index (κ1) is 11.8. The number of rotatable bonds is 4. The average Bonchev–Trinajstić information content (AvgIpc) is 1.94. The Hall–Kier alpha value is 0. The Balaban J connectivity index is -0.000000149. The van der Waals surface area contributed by atoms with Gasteiger partial charge in [-0.3, -0.25) is 0 Å². The summed E-state index contributed by atoms with van der Waals surface area (Å²) in [7, 11) is 0. The first-order valence-corrected chi connectivity index (χ1v) is 4.41. The molecule has 0 saturated carbocycles. The fourth-order valence-electron chi connectivity index (χ4n) is 0.677. The maximum Gasteiger partial charge on any atom is 0 e. The molecule has 0 N–H and O–H groups in total. The second-order valence-electron chi connectivity index (χ2n) is 2.06. The van der Waals surface area contributed by atoms with Crippen molar-refractivity contribution in [3.8, 4) is 0 Å². The maximum absolute atomic E-state index is 2.25. The topological polar surface area (TPSA) is 0 Å². The van der Waals surface area contributed by atoms with Crippen LogP contribution in [0.2, 0.25) is 0 Å². The van der Waals surface area contributed by atoms with Gasteiger partial charge in [0.2, 0.25) is 0 Å². The van der Waals surface area contributed by atoms with E-state index in [2.05, 4.69) is 13.8 Å². The third kappa shape index (κ3) is 18.0. The van der Waals surface area contributed by atoms with E-state index in [0.717, 1.165) is 0 Å². The molecule has 0 aliphatic carbocycles. The van der Waals surface area contributed by atoms with Crippen molar-refractivity contribution in [1.29, 1.82) is 0 Å². The molecule has 0 aromatic rings. The van der Waals surface area contributed by atoms with E-state index in [1.165, 1.54) is 32.1 Å². The van der Waals surface area contributed by atoms with Crippen LogP contribution in [0.4, 0.5) is 0 Å². The number of unbranched alkanes of at least 4 members (excludes halogenated alkanes) is 4. The predicted octanol–water partition coefficient (Wildman–Crippen LogP) is 4.25. The largest absolute Gasteiger partial charge is 0.0683 e. The summed E-state index contributed by atoms with van der Waals surface area (Å²) in [5.74, 6) is 0. The van der Waals surface area contributed by atoms with E-state index >= 15 is 0 Å². The third-order valence-corrected chi connectivity index (χ3v) is 1.21. The molecule has 0 bridgehead atoms. The highest BCUT2D eigenvalue weighted by Gasteiger charge is 1.80. The zero-order valence-electron chi connectivity index (χ0n) is 7.54. The van der Waals surface area contributed by atoms with Crippen LogP contribution in [0.1, 0.15) is 61.2 Å². The molecule has 0 aliphatic heterocycles. The van der Waals surface area contributed by atoms with Gasteiger partial charge in [-0.25, -0.2) is 0 Å². The zero-order chi connectivity index (χ0) is 7.54. The van der Waals surface area contributed by atoms with Crippen LogP contribution in [-0.4, -0.2) is 0 Å². The number of hydrogen-bond acceptors (Lipinski definition) is 0. The fourth-order valence-corrected chi connectivity index (χ4v) is 0.677. The zero-order valence-corrected chi connectivity index (χ0v) is 7.54. The van der Waals surface area contributed by atoms with Gasteiger partial charge in [0.25, 0.3) is 0 Å². The molecule has 0 fully saturated rings. The molecule has 0 rings (SSSR count). The molecular weight excluding hydrogens is 108 g/mol. The van der Waals surface area contributed by atoms with Gasteiger partial charge in [-0.05, 0) is 0 Å². The van der Waals surface area contributed by atoms with Crippen LogP contribution < -0.4 is 0 Å². The summed E-state index contributed by atoms with van der Waals surface area (Å²) in [5, 5.41) is 0. The Kier molecular flexibility index (Phi) is 20.5. The van der Waals surface area contributed by atoms with Gasteiger partial charge in [0.15, 0.2) is 0 Å². The molecule has 0 radical (unpaired) electrons. The molecule has 0 spiro atoms. The lowest BCUT2D eigenvalue weighted by Gasteiger charge is -1.90. The highest BCUT2D eigenvalue weighted by molar-refractivity contribution is 4.35. The van der Waals surface area contributed by atoms with Crippen molar-refractivity contribution in [2.75, 3.05) is 0 Å². The molecule has 0 amide bonds. The summed E-state index contributed by atoms with van der Waals surface area (Å²) in [6.07, 6.45) is 7.01. The molecule has 0 aromatic heterocycles. The van der Waals surface area contributed by atoms with Crippen LogP contribution in [0, 0.1) is 0 Å². The molecule has 0 nitrogen and oxygen atoms in total. The molecule has 0 aromatic carbocycles. The summed E-state index contributed by atoms with van der Waals surface area (Å²) < 4.78 is 0. The predicted molar refractivity (Wildman–Crippen MR) is 47.9 cm³/mol. The van der Waals surface area contributed by atoms with Crippen molar-refractivity contribution in [3.63, 3.8) is 0 Å². The lowest BCUT2D eigenvalue weighted by Crippen LogP contribution is -1.70. The minimum atomic E-state index is 0.